The molecule has 1 aromatic rings. The maximum atomic E-state index is 12.7. The molecule has 0 atom stereocenters. The van der Waals surface area contributed by atoms with Crippen LogP contribution in [0.3, 0.4) is 0 Å². The SMILES string of the molecule is CNCCc1ccccc1C(=O)N(CCCO)C(C)C. The molecule has 0 heterocycles. The van der Waals surface area contributed by atoms with E-state index in [1.165, 1.54) is 0 Å². The van der Waals surface area contributed by atoms with Crippen LogP contribution in [0, 0.1) is 0 Å². The van der Waals surface area contributed by atoms with Crippen molar-refractivity contribution in [3.63, 3.8) is 0 Å². The van der Waals surface area contributed by atoms with Crippen molar-refractivity contribution in [3.05, 3.63) is 35.4 Å². The van der Waals surface area contributed by atoms with E-state index in [1.807, 2.05) is 50.1 Å². The lowest BCUT2D eigenvalue weighted by molar-refractivity contribution is 0.0692. The number of carbonyl (C=O) groups is 1. The van der Waals surface area contributed by atoms with Gasteiger partial charge < -0.3 is 15.3 Å². The van der Waals surface area contributed by atoms with E-state index in [2.05, 4.69) is 5.32 Å². The highest BCUT2D eigenvalue weighted by molar-refractivity contribution is 5.95. The Morgan fingerprint density at radius 3 is 2.65 bits per heavy atom. The van der Waals surface area contributed by atoms with Crippen molar-refractivity contribution < 1.29 is 9.90 Å². The predicted octanol–water partition coefficient (Wildman–Crippen LogP) is 1.68. The summed E-state index contributed by atoms with van der Waals surface area (Å²) < 4.78 is 0. The average molecular weight is 278 g/mol. The van der Waals surface area contributed by atoms with E-state index < -0.39 is 0 Å². The van der Waals surface area contributed by atoms with Crippen LogP contribution < -0.4 is 5.32 Å². The van der Waals surface area contributed by atoms with Gasteiger partial charge in [0.25, 0.3) is 5.91 Å². The molecule has 0 radical (unpaired) electrons. The van der Waals surface area contributed by atoms with E-state index in [9.17, 15) is 4.79 Å². The standard InChI is InChI=1S/C16H26N2O2/c1-13(2)18(11-6-12-19)16(20)15-8-5-4-7-14(15)9-10-17-3/h4-5,7-8,13,17,19H,6,9-12H2,1-3H3. The van der Waals surface area contributed by atoms with Crippen LogP contribution in [0.25, 0.3) is 0 Å². The van der Waals surface area contributed by atoms with Crippen molar-refractivity contribution in [2.24, 2.45) is 0 Å². The number of nitrogens with one attached hydrogen (secondary N) is 1. The van der Waals surface area contributed by atoms with Crippen LogP contribution in [0.5, 0.6) is 0 Å². The molecule has 0 bridgehead atoms. The van der Waals surface area contributed by atoms with Gasteiger partial charge in [-0.2, -0.15) is 0 Å². The molecule has 4 heteroatoms. The first kappa shape index (κ1) is 16.7. The first-order valence-electron chi connectivity index (χ1n) is 7.26. The normalized spacial score (nSPS) is 10.8. The molecular formula is C16H26N2O2. The number of hydrogen-bond donors (Lipinski definition) is 2. The van der Waals surface area contributed by atoms with Gasteiger partial charge in [-0.05, 0) is 51.9 Å². The summed E-state index contributed by atoms with van der Waals surface area (Å²) in [7, 11) is 1.91. The fourth-order valence-corrected chi connectivity index (χ4v) is 2.20. The summed E-state index contributed by atoms with van der Waals surface area (Å²) >= 11 is 0. The molecule has 20 heavy (non-hydrogen) atoms. The van der Waals surface area contributed by atoms with Crippen molar-refractivity contribution in [1.82, 2.24) is 10.2 Å². The van der Waals surface area contributed by atoms with Gasteiger partial charge in [-0.1, -0.05) is 18.2 Å². The highest BCUT2D eigenvalue weighted by Gasteiger charge is 2.20. The second-order valence-corrected chi connectivity index (χ2v) is 5.18. The zero-order valence-corrected chi connectivity index (χ0v) is 12.7. The number of carbonyl (C=O) groups excluding carboxylic acids is 1. The average Bonchev–Trinajstić information content (AvgIpc) is 2.45. The third-order valence-corrected chi connectivity index (χ3v) is 3.33. The summed E-state index contributed by atoms with van der Waals surface area (Å²) in [6.07, 6.45) is 1.45. The minimum atomic E-state index is 0.0557. The Hall–Kier alpha value is -1.39. The fourth-order valence-electron chi connectivity index (χ4n) is 2.20. The van der Waals surface area contributed by atoms with Gasteiger partial charge in [0, 0.05) is 24.8 Å². The van der Waals surface area contributed by atoms with Crippen molar-refractivity contribution in [1.29, 1.82) is 0 Å². The molecule has 0 spiro atoms. The molecule has 1 amide bonds. The Bertz CT molecular complexity index is 419. The monoisotopic (exact) mass is 278 g/mol. The topological polar surface area (TPSA) is 52.6 Å². The molecule has 0 aliphatic rings. The molecule has 0 saturated heterocycles. The molecule has 0 fully saturated rings. The summed E-state index contributed by atoms with van der Waals surface area (Å²) in [6, 6.07) is 7.90. The van der Waals surface area contributed by atoms with E-state index in [0.717, 1.165) is 24.1 Å². The van der Waals surface area contributed by atoms with Crippen LogP contribution in [0.1, 0.15) is 36.2 Å². The maximum Gasteiger partial charge on any atom is 0.254 e. The molecule has 0 unspecified atom stereocenters. The summed E-state index contributed by atoms with van der Waals surface area (Å²) in [6.45, 7) is 5.56. The summed E-state index contributed by atoms with van der Waals surface area (Å²) in [5, 5.41) is 12.1. The molecular weight excluding hydrogens is 252 g/mol. The third kappa shape index (κ3) is 4.62. The van der Waals surface area contributed by atoms with Crippen molar-refractivity contribution in [2.75, 3.05) is 26.7 Å². The Balaban J connectivity index is 2.93. The first-order chi connectivity index (χ1) is 9.61. The quantitative estimate of drug-likeness (QED) is 0.761. The number of rotatable bonds is 8. The van der Waals surface area contributed by atoms with Gasteiger partial charge >= 0.3 is 0 Å². The second kappa shape index (κ2) is 8.72. The van der Waals surface area contributed by atoms with E-state index in [4.69, 9.17) is 5.11 Å². The maximum absolute atomic E-state index is 12.7. The smallest absolute Gasteiger partial charge is 0.254 e. The lowest BCUT2D eigenvalue weighted by atomic mass is 10.0. The minimum Gasteiger partial charge on any atom is -0.396 e. The van der Waals surface area contributed by atoms with Crippen LogP contribution in [-0.2, 0) is 6.42 Å². The highest BCUT2D eigenvalue weighted by atomic mass is 16.3. The van der Waals surface area contributed by atoms with Gasteiger partial charge in [-0.15, -0.1) is 0 Å². The number of aliphatic hydroxyl groups is 1. The number of benzene rings is 1. The van der Waals surface area contributed by atoms with Crippen molar-refractivity contribution in [2.45, 2.75) is 32.7 Å². The Labute approximate surface area is 121 Å². The molecule has 0 aliphatic carbocycles. The Kier molecular flexibility index (Phi) is 7.26. The van der Waals surface area contributed by atoms with Gasteiger partial charge in [0.15, 0.2) is 0 Å². The minimum absolute atomic E-state index is 0.0557. The summed E-state index contributed by atoms with van der Waals surface area (Å²) in [5.41, 5.74) is 1.84. The van der Waals surface area contributed by atoms with Crippen LogP contribution in [-0.4, -0.2) is 48.7 Å². The fraction of sp³-hybridized carbons (Fsp3) is 0.562. The van der Waals surface area contributed by atoms with Crippen LogP contribution in [0.4, 0.5) is 0 Å². The van der Waals surface area contributed by atoms with E-state index in [0.29, 0.717) is 13.0 Å². The molecule has 112 valence electrons. The second-order valence-electron chi connectivity index (χ2n) is 5.18. The van der Waals surface area contributed by atoms with Gasteiger partial charge in [0.2, 0.25) is 0 Å². The largest absolute Gasteiger partial charge is 0.396 e. The predicted molar refractivity (Wildman–Crippen MR) is 81.9 cm³/mol. The Morgan fingerprint density at radius 2 is 2.05 bits per heavy atom. The number of likely N-dealkylation sites (N-methyl/N-ethyl adjacent to an activating group) is 1. The zero-order chi connectivity index (χ0) is 15.0. The van der Waals surface area contributed by atoms with E-state index in [1.54, 1.807) is 0 Å². The van der Waals surface area contributed by atoms with Crippen LogP contribution in [0.15, 0.2) is 24.3 Å². The van der Waals surface area contributed by atoms with Crippen LogP contribution in [0.2, 0.25) is 0 Å². The number of hydrogen-bond acceptors (Lipinski definition) is 3. The lowest BCUT2D eigenvalue weighted by Gasteiger charge is -2.27. The number of nitrogens with zero attached hydrogens (tertiary/aromatic N) is 1. The van der Waals surface area contributed by atoms with Gasteiger partial charge in [0.05, 0.1) is 0 Å². The molecule has 1 aromatic carbocycles. The van der Waals surface area contributed by atoms with Gasteiger partial charge in [0.1, 0.15) is 0 Å². The molecule has 0 aromatic heterocycles. The zero-order valence-electron chi connectivity index (χ0n) is 12.7. The first-order valence-corrected chi connectivity index (χ1v) is 7.26. The van der Waals surface area contributed by atoms with Crippen LogP contribution >= 0.6 is 0 Å². The summed E-state index contributed by atoms with van der Waals surface area (Å²) in [5.74, 6) is 0.0557. The molecule has 0 saturated carbocycles. The molecule has 4 nitrogen and oxygen atoms in total. The van der Waals surface area contributed by atoms with E-state index >= 15 is 0 Å². The Morgan fingerprint density at radius 1 is 1.35 bits per heavy atom. The van der Waals surface area contributed by atoms with E-state index in [-0.39, 0.29) is 18.6 Å². The van der Waals surface area contributed by atoms with Gasteiger partial charge in [-0.3, -0.25) is 4.79 Å². The summed E-state index contributed by atoms with van der Waals surface area (Å²) in [4.78, 5) is 14.5. The molecule has 2 N–H and O–H groups in total. The van der Waals surface area contributed by atoms with Gasteiger partial charge in [-0.25, -0.2) is 0 Å². The third-order valence-electron chi connectivity index (χ3n) is 3.33. The van der Waals surface area contributed by atoms with Crippen molar-refractivity contribution >= 4 is 5.91 Å². The molecule has 0 aliphatic heterocycles. The van der Waals surface area contributed by atoms with Crippen molar-refractivity contribution in [3.8, 4) is 0 Å². The number of aliphatic hydroxyl groups excluding tert-OH is 1. The highest BCUT2D eigenvalue weighted by Crippen LogP contribution is 2.14. The number of amides is 1. The lowest BCUT2D eigenvalue weighted by Crippen LogP contribution is -2.38. The molecule has 1 rings (SSSR count).